The maximum absolute atomic E-state index is 5.49. The van der Waals surface area contributed by atoms with Gasteiger partial charge in [-0.3, -0.25) is 4.90 Å². The molecule has 0 bridgehead atoms. The van der Waals surface area contributed by atoms with Crippen LogP contribution >= 0.6 is 0 Å². The van der Waals surface area contributed by atoms with E-state index in [1.54, 1.807) is 0 Å². The van der Waals surface area contributed by atoms with Crippen molar-refractivity contribution in [2.24, 2.45) is 5.41 Å². The number of ether oxygens (including phenoxy) is 1. The van der Waals surface area contributed by atoms with Crippen molar-refractivity contribution in [1.82, 2.24) is 15.1 Å². The summed E-state index contributed by atoms with van der Waals surface area (Å²) in [7, 11) is 0. The first kappa shape index (κ1) is 14.8. The number of morpholine rings is 1. The molecule has 0 aromatic carbocycles. The number of hydrogen-bond donors (Lipinski definition) is 1. The smallest absolute Gasteiger partial charge is 0.0594 e. The first-order valence-corrected chi connectivity index (χ1v) is 8.36. The molecule has 1 spiro atoms. The Labute approximate surface area is 123 Å². The number of hydrogen-bond acceptors (Lipinski definition) is 4. The maximum atomic E-state index is 5.49. The number of rotatable bonds is 3. The first-order chi connectivity index (χ1) is 9.60. The summed E-state index contributed by atoms with van der Waals surface area (Å²) < 4.78 is 5.49. The van der Waals surface area contributed by atoms with E-state index < -0.39 is 0 Å². The summed E-state index contributed by atoms with van der Waals surface area (Å²) in [6.07, 6.45) is 4.17. The largest absolute Gasteiger partial charge is 0.379 e. The molecule has 3 heterocycles. The molecule has 1 N–H and O–H groups in total. The Balaban J connectivity index is 1.55. The summed E-state index contributed by atoms with van der Waals surface area (Å²) in [5.74, 6) is 0. The molecule has 0 amide bonds. The number of likely N-dealkylation sites (tertiary alicyclic amines) is 1. The Morgan fingerprint density at radius 2 is 1.95 bits per heavy atom. The van der Waals surface area contributed by atoms with Crippen LogP contribution in [0.15, 0.2) is 0 Å². The molecule has 3 saturated heterocycles. The summed E-state index contributed by atoms with van der Waals surface area (Å²) in [5.41, 5.74) is 0.858. The monoisotopic (exact) mass is 281 g/mol. The van der Waals surface area contributed by atoms with Crippen LogP contribution in [-0.4, -0.2) is 74.4 Å². The first-order valence-electron chi connectivity index (χ1n) is 8.36. The summed E-state index contributed by atoms with van der Waals surface area (Å²) in [6, 6.07) is 0. The van der Waals surface area contributed by atoms with Crippen LogP contribution in [0.5, 0.6) is 0 Å². The van der Waals surface area contributed by atoms with Crippen molar-refractivity contribution in [3.8, 4) is 0 Å². The lowest BCUT2D eigenvalue weighted by Gasteiger charge is -2.43. The molecule has 1 atom stereocenters. The van der Waals surface area contributed by atoms with Gasteiger partial charge in [0.2, 0.25) is 0 Å². The lowest BCUT2D eigenvalue weighted by atomic mass is 9.80. The summed E-state index contributed by atoms with van der Waals surface area (Å²) in [6.45, 7) is 15.0. The summed E-state index contributed by atoms with van der Waals surface area (Å²) in [4.78, 5) is 5.32. The quantitative estimate of drug-likeness (QED) is 0.840. The van der Waals surface area contributed by atoms with E-state index in [9.17, 15) is 0 Å². The van der Waals surface area contributed by atoms with E-state index in [-0.39, 0.29) is 5.54 Å². The van der Waals surface area contributed by atoms with Crippen LogP contribution in [0.3, 0.4) is 0 Å². The summed E-state index contributed by atoms with van der Waals surface area (Å²) >= 11 is 0. The van der Waals surface area contributed by atoms with Gasteiger partial charge in [0.15, 0.2) is 0 Å². The fraction of sp³-hybridized carbons (Fsp3) is 1.00. The van der Waals surface area contributed by atoms with Crippen molar-refractivity contribution in [3.63, 3.8) is 0 Å². The minimum atomic E-state index is 0.275. The Morgan fingerprint density at radius 1 is 1.15 bits per heavy atom. The Kier molecular flexibility index (Phi) is 4.37. The highest BCUT2D eigenvalue weighted by Gasteiger charge is 2.41. The van der Waals surface area contributed by atoms with Crippen molar-refractivity contribution >= 4 is 0 Å². The molecule has 0 radical (unpaired) electrons. The van der Waals surface area contributed by atoms with Gasteiger partial charge in [-0.05, 0) is 51.6 Å². The zero-order chi connectivity index (χ0) is 14.1. The Bertz CT molecular complexity index is 320. The van der Waals surface area contributed by atoms with Crippen molar-refractivity contribution in [2.45, 2.75) is 38.6 Å². The Hall–Kier alpha value is -0.160. The average Bonchev–Trinajstić information content (AvgIpc) is 2.82. The van der Waals surface area contributed by atoms with E-state index in [1.807, 2.05) is 0 Å². The van der Waals surface area contributed by atoms with Gasteiger partial charge in [0, 0.05) is 38.3 Å². The van der Waals surface area contributed by atoms with E-state index >= 15 is 0 Å². The average molecular weight is 281 g/mol. The van der Waals surface area contributed by atoms with Crippen LogP contribution in [-0.2, 0) is 4.74 Å². The fourth-order valence-corrected chi connectivity index (χ4v) is 4.36. The highest BCUT2D eigenvalue weighted by Crippen LogP contribution is 2.37. The topological polar surface area (TPSA) is 27.7 Å². The second kappa shape index (κ2) is 5.91. The molecule has 4 nitrogen and oxygen atoms in total. The normalized spacial score (nSPS) is 33.9. The van der Waals surface area contributed by atoms with Crippen molar-refractivity contribution in [3.05, 3.63) is 0 Å². The minimum absolute atomic E-state index is 0.275. The van der Waals surface area contributed by atoms with Gasteiger partial charge in [-0.15, -0.1) is 0 Å². The third-order valence-corrected chi connectivity index (χ3v) is 5.56. The van der Waals surface area contributed by atoms with Crippen LogP contribution in [0.1, 0.15) is 33.1 Å². The van der Waals surface area contributed by atoms with Crippen LogP contribution in [0.25, 0.3) is 0 Å². The molecule has 4 heteroatoms. The second-order valence-corrected chi connectivity index (χ2v) is 7.65. The predicted octanol–water partition coefficient (Wildman–Crippen LogP) is 1.17. The van der Waals surface area contributed by atoms with E-state index in [1.165, 1.54) is 52.0 Å². The molecule has 0 aromatic rings. The predicted molar refractivity (Wildman–Crippen MR) is 82.1 cm³/mol. The van der Waals surface area contributed by atoms with Crippen LogP contribution in [0.2, 0.25) is 0 Å². The van der Waals surface area contributed by atoms with E-state index in [0.29, 0.717) is 5.41 Å². The second-order valence-electron chi connectivity index (χ2n) is 7.65. The third-order valence-electron chi connectivity index (χ3n) is 5.56. The van der Waals surface area contributed by atoms with Crippen LogP contribution in [0, 0.1) is 5.41 Å². The number of nitrogens with one attached hydrogen (secondary N) is 1. The zero-order valence-corrected chi connectivity index (χ0v) is 13.3. The van der Waals surface area contributed by atoms with Gasteiger partial charge in [0.25, 0.3) is 0 Å². The minimum Gasteiger partial charge on any atom is -0.379 e. The summed E-state index contributed by atoms with van der Waals surface area (Å²) in [5, 5.41) is 3.61. The molecule has 0 aromatic heterocycles. The standard InChI is InChI=1S/C16H31N3O/c1-15(2,19-8-10-20-11-9-19)13-18-7-5-16(14-18)4-3-6-17-12-16/h17H,3-14H2,1-2H3/t16-/m0/s1. The van der Waals surface area contributed by atoms with Gasteiger partial charge < -0.3 is 15.0 Å². The molecule has 3 rings (SSSR count). The molecule has 3 aliphatic heterocycles. The van der Waals surface area contributed by atoms with Crippen molar-refractivity contribution in [2.75, 3.05) is 59.0 Å². The van der Waals surface area contributed by atoms with Crippen LogP contribution < -0.4 is 5.32 Å². The highest BCUT2D eigenvalue weighted by molar-refractivity contribution is 4.96. The number of nitrogens with zero attached hydrogens (tertiary/aromatic N) is 2. The van der Waals surface area contributed by atoms with Gasteiger partial charge in [-0.1, -0.05) is 0 Å². The van der Waals surface area contributed by atoms with Crippen molar-refractivity contribution < 1.29 is 4.74 Å². The van der Waals surface area contributed by atoms with Crippen LogP contribution in [0.4, 0.5) is 0 Å². The molecule has 0 unspecified atom stereocenters. The zero-order valence-electron chi connectivity index (χ0n) is 13.3. The maximum Gasteiger partial charge on any atom is 0.0594 e. The van der Waals surface area contributed by atoms with Gasteiger partial charge in [-0.25, -0.2) is 0 Å². The van der Waals surface area contributed by atoms with E-state index in [2.05, 4.69) is 29.0 Å². The van der Waals surface area contributed by atoms with E-state index in [4.69, 9.17) is 4.74 Å². The molecule has 3 fully saturated rings. The van der Waals surface area contributed by atoms with Crippen molar-refractivity contribution in [1.29, 1.82) is 0 Å². The molecule has 0 aliphatic carbocycles. The molecule has 3 aliphatic rings. The molecular weight excluding hydrogens is 250 g/mol. The lowest BCUT2D eigenvalue weighted by molar-refractivity contribution is -0.0207. The van der Waals surface area contributed by atoms with Gasteiger partial charge in [-0.2, -0.15) is 0 Å². The molecule has 116 valence electrons. The number of piperidine rings is 1. The highest BCUT2D eigenvalue weighted by atomic mass is 16.5. The SMILES string of the molecule is CC(C)(CN1CC[C@]2(CCCNC2)C1)N1CCOCC1. The molecule has 20 heavy (non-hydrogen) atoms. The fourth-order valence-electron chi connectivity index (χ4n) is 4.36. The Morgan fingerprint density at radius 3 is 2.65 bits per heavy atom. The molecule has 0 saturated carbocycles. The van der Waals surface area contributed by atoms with E-state index in [0.717, 1.165) is 26.3 Å². The lowest BCUT2D eigenvalue weighted by Crippen LogP contribution is -2.55. The van der Waals surface area contributed by atoms with Gasteiger partial charge in [0.05, 0.1) is 13.2 Å². The van der Waals surface area contributed by atoms with Gasteiger partial charge >= 0.3 is 0 Å². The molecular formula is C16H31N3O. The van der Waals surface area contributed by atoms with Gasteiger partial charge in [0.1, 0.15) is 0 Å². The third kappa shape index (κ3) is 3.19.